The van der Waals surface area contributed by atoms with Gasteiger partial charge >= 0.3 is 12.1 Å². The number of hydrogen-bond donors (Lipinski definition) is 1. The molecule has 0 bridgehead atoms. The van der Waals surface area contributed by atoms with Crippen LogP contribution in [-0.2, 0) is 9.47 Å². The number of piperidine rings is 1. The molecule has 1 saturated heterocycles. The van der Waals surface area contributed by atoms with Gasteiger partial charge in [0.05, 0.1) is 6.61 Å². The highest BCUT2D eigenvalue weighted by atomic mass is 16.6. The largest absolute Gasteiger partial charge is 0.489 e. The number of anilines is 1. The number of nitrogens with two attached hydrogens (primary N) is 1. The minimum absolute atomic E-state index is 0.0921. The van der Waals surface area contributed by atoms with Crippen molar-refractivity contribution in [2.45, 2.75) is 52.2 Å². The van der Waals surface area contributed by atoms with Crippen LogP contribution < -0.4 is 10.5 Å². The maximum Gasteiger partial charge on any atom is 0.410 e. The summed E-state index contributed by atoms with van der Waals surface area (Å²) in [7, 11) is 0. The Labute approximate surface area is 154 Å². The molecular weight excluding hydrogens is 336 g/mol. The van der Waals surface area contributed by atoms with Crippen LogP contribution in [0.1, 0.15) is 50.9 Å². The molecule has 0 unspecified atom stereocenters. The summed E-state index contributed by atoms with van der Waals surface area (Å²) in [6, 6.07) is 4.93. The smallest absolute Gasteiger partial charge is 0.410 e. The Balaban J connectivity index is 1.97. The number of rotatable bonds is 4. The van der Waals surface area contributed by atoms with Crippen LogP contribution in [0, 0.1) is 0 Å². The molecular formula is C19H28N2O5. The highest BCUT2D eigenvalue weighted by molar-refractivity contribution is 5.93. The lowest BCUT2D eigenvalue weighted by Gasteiger charge is -2.33. The van der Waals surface area contributed by atoms with E-state index in [0.29, 0.717) is 42.9 Å². The maximum absolute atomic E-state index is 12.1. The van der Waals surface area contributed by atoms with Gasteiger partial charge in [0.2, 0.25) is 0 Å². The van der Waals surface area contributed by atoms with Crippen LogP contribution in [0.4, 0.5) is 10.5 Å². The second kappa shape index (κ2) is 8.29. The molecule has 1 aromatic rings. The molecule has 0 saturated carbocycles. The third kappa shape index (κ3) is 5.54. The molecule has 144 valence electrons. The zero-order valence-corrected chi connectivity index (χ0v) is 15.9. The van der Waals surface area contributed by atoms with E-state index in [1.165, 1.54) is 0 Å². The predicted octanol–water partition coefficient (Wildman–Crippen LogP) is 3.22. The van der Waals surface area contributed by atoms with E-state index < -0.39 is 11.6 Å². The number of likely N-dealkylation sites (tertiary alicyclic amines) is 1. The van der Waals surface area contributed by atoms with Crippen molar-refractivity contribution < 1.29 is 23.8 Å². The summed E-state index contributed by atoms with van der Waals surface area (Å²) in [5, 5.41) is 0. The van der Waals surface area contributed by atoms with Crippen LogP contribution in [0.25, 0.3) is 0 Å². The summed E-state index contributed by atoms with van der Waals surface area (Å²) in [5.41, 5.74) is 6.06. The number of ether oxygens (including phenoxy) is 3. The van der Waals surface area contributed by atoms with Crippen LogP contribution in [0.5, 0.6) is 5.75 Å². The second-order valence-corrected chi connectivity index (χ2v) is 7.26. The molecule has 0 atom stereocenters. The molecule has 1 aliphatic heterocycles. The first-order valence-electron chi connectivity index (χ1n) is 8.91. The first kappa shape index (κ1) is 19.9. The van der Waals surface area contributed by atoms with Gasteiger partial charge in [0, 0.05) is 31.6 Å². The summed E-state index contributed by atoms with van der Waals surface area (Å²) in [5.74, 6) is -0.00522. The molecule has 7 nitrogen and oxygen atoms in total. The number of hydrogen-bond acceptors (Lipinski definition) is 6. The molecule has 1 fully saturated rings. The van der Waals surface area contributed by atoms with E-state index in [1.807, 2.05) is 20.8 Å². The van der Waals surface area contributed by atoms with E-state index in [0.717, 1.165) is 0 Å². The van der Waals surface area contributed by atoms with Crippen molar-refractivity contribution in [3.8, 4) is 5.75 Å². The fraction of sp³-hybridized carbons (Fsp3) is 0.579. The average molecular weight is 364 g/mol. The monoisotopic (exact) mass is 364 g/mol. The van der Waals surface area contributed by atoms with Gasteiger partial charge in [0.15, 0.2) is 0 Å². The summed E-state index contributed by atoms with van der Waals surface area (Å²) < 4.78 is 16.5. The normalized spacial score (nSPS) is 15.5. The molecule has 1 aromatic carbocycles. The van der Waals surface area contributed by atoms with Gasteiger partial charge in [0.25, 0.3) is 0 Å². The summed E-state index contributed by atoms with van der Waals surface area (Å²) in [6.07, 6.45) is 0.916. The predicted molar refractivity (Wildman–Crippen MR) is 98.3 cm³/mol. The Morgan fingerprint density at radius 3 is 2.46 bits per heavy atom. The van der Waals surface area contributed by atoms with Gasteiger partial charge in [0.1, 0.15) is 23.0 Å². The summed E-state index contributed by atoms with van der Waals surface area (Å²) >= 11 is 0. The van der Waals surface area contributed by atoms with Crippen molar-refractivity contribution in [2.24, 2.45) is 0 Å². The molecule has 0 aromatic heterocycles. The Kier molecular flexibility index (Phi) is 6.34. The molecule has 7 heteroatoms. The SMILES string of the molecule is CCOC(=O)c1cc(N)ccc1OC1CCN(C(=O)OC(C)(C)C)CC1. The van der Waals surface area contributed by atoms with Gasteiger partial charge < -0.3 is 24.8 Å². The molecule has 1 aliphatic rings. The Bertz CT molecular complexity index is 646. The molecule has 1 heterocycles. The zero-order valence-electron chi connectivity index (χ0n) is 15.9. The lowest BCUT2D eigenvalue weighted by molar-refractivity contribution is 0.0126. The Hall–Kier alpha value is -2.44. The number of esters is 1. The van der Waals surface area contributed by atoms with Crippen LogP contribution >= 0.6 is 0 Å². The highest BCUT2D eigenvalue weighted by Gasteiger charge is 2.28. The average Bonchev–Trinajstić information content (AvgIpc) is 2.55. The van der Waals surface area contributed by atoms with E-state index in [4.69, 9.17) is 19.9 Å². The minimum Gasteiger partial charge on any atom is -0.489 e. The standard InChI is InChI=1S/C19H28N2O5/c1-5-24-17(22)15-12-13(20)6-7-16(15)25-14-8-10-21(11-9-14)18(23)26-19(2,3)4/h6-7,12,14H,5,8-11,20H2,1-4H3. The number of nitrogens with zero attached hydrogens (tertiary/aromatic N) is 1. The molecule has 0 aliphatic carbocycles. The fourth-order valence-electron chi connectivity index (χ4n) is 2.68. The molecule has 2 N–H and O–H groups in total. The van der Waals surface area contributed by atoms with Crippen LogP contribution in [0.2, 0.25) is 0 Å². The molecule has 26 heavy (non-hydrogen) atoms. The third-order valence-corrected chi connectivity index (χ3v) is 3.89. The van der Waals surface area contributed by atoms with E-state index in [-0.39, 0.29) is 18.8 Å². The second-order valence-electron chi connectivity index (χ2n) is 7.26. The topological polar surface area (TPSA) is 91.1 Å². The number of carbonyl (C=O) groups is 2. The lowest BCUT2D eigenvalue weighted by Crippen LogP contribution is -2.44. The molecule has 2 rings (SSSR count). The van der Waals surface area contributed by atoms with Gasteiger partial charge in [-0.15, -0.1) is 0 Å². The summed E-state index contributed by atoms with van der Waals surface area (Å²) in [4.78, 5) is 25.9. The van der Waals surface area contributed by atoms with E-state index >= 15 is 0 Å². The minimum atomic E-state index is -0.511. The van der Waals surface area contributed by atoms with Crippen molar-refractivity contribution >= 4 is 17.7 Å². The first-order valence-corrected chi connectivity index (χ1v) is 8.91. The van der Waals surface area contributed by atoms with Crippen LogP contribution in [-0.4, -0.2) is 48.4 Å². The van der Waals surface area contributed by atoms with Gasteiger partial charge in [-0.05, 0) is 45.9 Å². The van der Waals surface area contributed by atoms with Gasteiger partial charge in [-0.3, -0.25) is 0 Å². The van der Waals surface area contributed by atoms with Crippen molar-refractivity contribution in [2.75, 3.05) is 25.4 Å². The van der Waals surface area contributed by atoms with Gasteiger partial charge in [-0.2, -0.15) is 0 Å². The number of benzene rings is 1. The van der Waals surface area contributed by atoms with Crippen molar-refractivity contribution in [3.63, 3.8) is 0 Å². The first-order chi connectivity index (χ1) is 12.2. The molecule has 0 spiro atoms. The number of amides is 1. The number of carbonyl (C=O) groups excluding carboxylic acids is 2. The Morgan fingerprint density at radius 1 is 1.23 bits per heavy atom. The van der Waals surface area contributed by atoms with E-state index in [1.54, 1.807) is 30.0 Å². The Morgan fingerprint density at radius 2 is 1.88 bits per heavy atom. The van der Waals surface area contributed by atoms with E-state index in [2.05, 4.69) is 0 Å². The van der Waals surface area contributed by atoms with Crippen molar-refractivity contribution in [1.29, 1.82) is 0 Å². The van der Waals surface area contributed by atoms with Crippen molar-refractivity contribution in [1.82, 2.24) is 4.90 Å². The lowest BCUT2D eigenvalue weighted by atomic mass is 10.1. The zero-order chi connectivity index (χ0) is 19.3. The third-order valence-electron chi connectivity index (χ3n) is 3.89. The van der Waals surface area contributed by atoms with Crippen LogP contribution in [0.15, 0.2) is 18.2 Å². The maximum atomic E-state index is 12.1. The fourth-order valence-corrected chi connectivity index (χ4v) is 2.68. The number of nitrogen functional groups attached to an aromatic ring is 1. The van der Waals surface area contributed by atoms with Gasteiger partial charge in [-0.1, -0.05) is 0 Å². The molecule has 1 amide bonds. The quantitative estimate of drug-likeness (QED) is 0.651. The highest BCUT2D eigenvalue weighted by Crippen LogP contribution is 2.26. The van der Waals surface area contributed by atoms with Crippen molar-refractivity contribution in [3.05, 3.63) is 23.8 Å². The van der Waals surface area contributed by atoms with Gasteiger partial charge in [-0.25, -0.2) is 9.59 Å². The van der Waals surface area contributed by atoms with Crippen LogP contribution in [0.3, 0.4) is 0 Å². The molecule has 0 radical (unpaired) electrons. The van der Waals surface area contributed by atoms with E-state index in [9.17, 15) is 9.59 Å². The summed E-state index contributed by atoms with van der Waals surface area (Å²) in [6.45, 7) is 8.65.